The molecule has 39 heavy (non-hydrogen) atoms. The standard InChI is InChI=1S/2C13H10.C12H8O/c2*1-3-7-12-10(5-1)9-11-6-2-4-8-13(11)12;1-3-7-11-9(5-1)10-6-2-4-8-12(10)13-11/h2*1-8H,9H2;1-8H. The van der Waals surface area contributed by atoms with Crippen molar-refractivity contribution in [1.82, 2.24) is 0 Å². The molecule has 0 saturated heterocycles. The highest BCUT2D eigenvalue weighted by Crippen LogP contribution is 2.36. The van der Waals surface area contributed by atoms with Crippen LogP contribution in [0.1, 0.15) is 22.3 Å². The van der Waals surface area contributed by atoms with Crippen molar-refractivity contribution in [3.8, 4) is 22.3 Å². The van der Waals surface area contributed by atoms with Crippen molar-refractivity contribution < 1.29 is 4.42 Å². The van der Waals surface area contributed by atoms with Gasteiger partial charge < -0.3 is 4.42 Å². The van der Waals surface area contributed by atoms with E-state index in [1.54, 1.807) is 0 Å². The van der Waals surface area contributed by atoms with Crippen molar-refractivity contribution in [2.24, 2.45) is 0 Å². The Morgan fingerprint density at radius 2 is 0.590 bits per heavy atom. The predicted octanol–water partition coefficient (Wildman–Crippen LogP) is 10.1. The van der Waals surface area contributed by atoms with Crippen molar-refractivity contribution in [1.29, 1.82) is 0 Å². The Morgan fingerprint density at radius 3 is 0.949 bits per heavy atom. The molecule has 0 unspecified atom stereocenters. The Hall–Kier alpha value is -4.88. The lowest BCUT2D eigenvalue weighted by Crippen LogP contribution is -1.77. The zero-order valence-electron chi connectivity index (χ0n) is 21.7. The number of fused-ring (bicyclic) bond motifs is 9. The first-order valence-corrected chi connectivity index (χ1v) is 13.5. The Labute approximate surface area is 229 Å². The van der Waals surface area contributed by atoms with Gasteiger partial charge in [0.2, 0.25) is 0 Å². The van der Waals surface area contributed by atoms with Crippen LogP contribution in [0.2, 0.25) is 0 Å². The van der Waals surface area contributed by atoms with E-state index < -0.39 is 0 Å². The summed E-state index contributed by atoms with van der Waals surface area (Å²) in [5.41, 5.74) is 13.4. The molecule has 186 valence electrons. The molecule has 2 aliphatic carbocycles. The molecule has 1 heteroatoms. The van der Waals surface area contributed by atoms with Gasteiger partial charge in [-0.2, -0.15) is 0 Å². The summed E-state index contributed by atoms with van der Waals surface area (Å²) >= 11 is 0. The zero-order valence-corrected chi connectivity index (χ0v) is 21.7. The van der Waals surface area contributed by atoms with Crippen LogP contribution in [-0.4, -0.2) is 0 Å². The average molecular weight is 501 g/mol. The van der Waals surface area contributed by atoms with Gasteiger partial charge in [0.15, 0.2) is 0 Å². The van der Waals surface area contributed by atoms with Gasteiger partial charge in [-0.25, -0.2) is 0 Å². The zero-order chi connectivity index (χ0) is 26.0. The maximum Gasteiger partial charge on any atom is 0.135 e. The van der Waals surface area contributed by atoms with Crippen LogP contribution in [-0.2, 0) is 12.8 Å². The molecule has 2 aliphatic rings. The van der Waals surface area contributed by atoms with Crippen LogP contribution >= 0.6 is 0 Å². The number of furan rings is 1. The third-order valence-electron chi connectivity index (χ3n) is 7.70. The van der Waals surface area contributed by atoms with Gasteiger partial charge in [0.05, 0.1) is 0 Å². The highest BCUT2D eigenvalue weighted by molar-refractivity contribution is 6.04. The summed E-state index contributed by atoms with van der Waals surface area (Å²) in [7, 11) is 0. The van der Waals surface area contributed by atoms with Gasteiger partial charge >= 0.3 is 0 Å². The van der Waals surface area contributed by atoms with Crippen molar-refractivity contribution >= 4 is 21.9 Å². The number of benzene rings is 6. The van der Waals surface area contributed by atoms with Crippen molar-refractivity contribution in [3.05, 3.63) is 168 Å². The van der Waals surface area contributed by atoms with E-state index in [-0.39, 0.29) is 0 Å². The van der Waals surface area contributed by atoms with Gasteiger partial charge in [0, 0.05) is 10.8 Å². The lowest BCUT2D eigenvalue weighted by atomic mass is 10.1. The fraction of sp³-hybridized carbons (Fsp3) is 0.0526. The molecule has 6 aromatic carbocycles. The molecule has 7 aromatic rings. The summed E-state index contributed by atoms with van der Waals surface area (Å²) < 4.78 is 5.65. The first-order valence-electron chi connectivity index (χ1n) is 13.5. The molecule has 0 spiro atoms. The molecule has 0 N–H and O–H groups in total. The monoisotopic (exact) mass is 500 g/mol. The van der Waals surface area contributed by atoms with E-state index in [2.05, 4.69) is 109 Å². The summed E-state index contributed by atoms with van der Waals surface area (Å²) in [6.45, 7) is 0. The molecular weight excluding hydrogens is 472 g/mol. The molecule has 0 aliphatic heterocycles. The van der Waals surface area contributed by atoms with E-state index in [1.165, 1.54) is 55.3 Å². The molecule has 0 saturated carbocycles. The lowest BCUT2D eigenvalue weighted by Gasteiger charge is -1.98. The van der Waals surface area contributed by atoms with Gasteiger partial charge in [-0.3, -0.25) is 0 Å². The molecule has 0 radical (unpaired) electrons. The third kappa shape index (κ3) is 4.43. The second kappa shape index (κ2) is 10.1. The Kier molecular flexibility index (Phi) is 6.03. The summed E-state index contributed by atoms with van der Waals surface area (Å²) in [5, 5.41) is 2.39. The fourth-order valence-corrected chi connectivity index (χ4v) is 5.83. The largest absolute Gasteiger partial charge is 0.456 e. The molecule has 0 amide bonds. The number of rotatable bonds is 0. The second-order valence-electron chi connectivity index (χ2n) is 10.1. The third-order valence-corrected chi connectivity index (χ3v) is 7.70. The van der Waals surface area contributed by atoms with Crippen LogP contribution < -0.4 is 0 Å². The van der Waals surface area contributed by atoms with Gasteiger partial charge in [0.25, 0.3) is 0 Å². The van der Waals surface area contributed by atoms with Crippen LogP contribution in [0.4, 0.5) is 0 Å². The van der Waals surface area contributed by atoms with Crippen molar-refractivity contribution in [3.63, 3.8) is 0 Å². The van der Waals surface area contributed by atoms with Crippen LogP contribution in [0.5, 0.6) is 0 Å². The number of hydrogen-bond acceptors (Lipinski definition) is 1. The van der Waals surface area contributed by atoms with Crippen LogP contribution in [0.3, 0.4) is 0 Å². The van der Waals surface area contributed by atoms with Gasteiger partial charge in [-0.05, 0) is 69.5 Å². The highest BCUT2D eigenvalue weighted by Gasteiger charge is 2.16. The van der Waals surface area contributed by atoms with Gasteiger partial charge in [-0.1, -0.05) is 133 Å². The first kappa shape index (κ1) is 23.3. The van der Waals surface area contributed by atoms with E-state index in [0.717, 1.165) is 24.0 Å². The molecule has 1 nitrogen and oxygen atoms in total. The Morgan fingerprint density at radius 1 is 0.308 bits per heavy atom. The fourth-order valence-electron chi connectivity index (χ4n) is 5.83. The molecule has 9 rings (SSSR count). The molecule has 0 fully saturated rings. The van der Waals surface area contributed by atoms with Gasteiger partial charge in [-0.15, -0.1) is 0 Å². The van der Waals surface area contributed by atoms with Crippen LogP contribution in [0.25, 0.3) is 44.2 Å². The molecule has 1 aromatic heterocycles. The number of hydrogen-bond donors (Lipinski definition) is 0. The maximum atomic E-state index is 5.65. The summed E-state index contributed by atoms with van der Waals surface area (Å²) in [4.78, 5) is 0. The van der Waals surface area contributed by atoms with E-state index in [4.69, 9.17) is 4.42 Å². The van der Waals surface area contributed by atoms with Crippen LogP contribution in [0, 0.1) is 0 Å². The Bertz CT molecular complexity index is 1700. The SMILES string of the molecule is c1ccc2c(c1)Cc1ccccc1-2.c1ccc2c(c1)Cc1ccccc1-2.c1ccc2c(c1)oc1ccccc12. The van der Waals surface area contributed by atoms with E-state index in [1.807, 2.05) is 36.4 Å². The first-order chi connectivity index (χ1) is 19.3. The van der Waals surface area contributed by atoms with E-state index >= 15 is 0 Å². The Balaban J connectivity index is 0.0000000974. The van der Waals surface area contributed by atoms with E-state index in [9.17, 15) is 0 Å². The topological polar surface area (TPSA) is 13.1 Å². The van der Waals surface area contributed by atoms with E-state index in [0.29, 0.717) is 0 Å². The number of para-hydroxylation sites is 2. The van der Waals surface area contributed by atoms with Crippen molar-refractivity contribution in [2.75, 3.05) is 0 Å². The quantitative estimate of drug-likeness (QED) is 0.202. The summed E-state index contributed by atoms with van der Waals surface area (Å²) in [6.07, 6.45) is 2.21. The minimum atomic E-state index is 0.962. The second-order valence-corrected chi connectivity index (χ2v) is 10.1. The minimum Gasteiger partial charge on any atom is -0.456 e. The average Bonchev–Trinajstić information content (AvgIpc) is 3.69. The predicted molar refractivity (Wildman–Crippen MR) is 163 cm³/mol. The molecular formula is C38H28O. The maximum absolute atomic E-state index is 5.65. The minimum absolute atomic E-state index is 0.962. The van der Waals surface area contributed by atoms with Crippen LogP contribution in [0.15, 0.2) is 150 Å². The molecule has 0 bridgehead atoms. The highest BCUT2D eigenvalue weighted by atomic mass is 16.3. The normalized spacial score (nSPS) is 11.9. The lowest BCUT2D eigenvalue weighted by molar-refractivity contribution is 0.669. The van der Waals surface area contributed by atoms with Gasteiger partial charge in [0.1, 0.15) is 11.2 Å². The molecule has 1 heterocycles. The van der Waals surface area contributed by atoms with Crippen molar-refractivity contribution in [2.45, 2.75) is 12.8 Å². The summed E-state index contributed by atoms with van der Waals surface area (Å²) in [5.74, 6) is 0. The summed E-state index contributed by atoms with van der Waals surface area (Å²) in [6, 6.07) is 50.8. The smallest absolute Gasteiger partial charge is 0.135 e. The molecule has 0 atom stereocenters.